The molecule has 2 fully saturated rings. The Morgan fingerprint density at radius 2 is 2.06 bits per heavy atom. The van der Waals surface area contributed by atoms with Gasteiger partial charge in [0.2, 0.25) is 0 Å². The molecule has 0 aromatic heterocycles. The summed E-state index contributed by atoms with van der Waals surface area (Å²) in [5.74, 6) is 1.37. The smallest absolute Gasteiger partial charge is 0.317 e. The summed E-state index contributed by atoms with van der Waals surface area (Å²) in [6.07, 6.45) is 3.47. The number of hydrogen-bond acceptors (Lipinski definition) is 2. The van der Waals surface area contributed by atoms with Crippen molar-refractivity contribution in [1.82, 2.24) is 15.5 Å². The molecule has 0 spiro atoms. The minimum Gasteiger partial charge on any atom is -0.335 e. The lowest BCUT2D eigenvalue weighted by molar-refractivity contribution is 0.168. The Balaban J connectivity index is 1.76. The summed E-state index contributed by atoms with van der Waals surface area (Å²) >= 11 is 0. The van der Waals surface area contributed by atoms with E-state index in [1.165, 1.54) is 6.42 Å². The Kier molecular flexibility index (Phi) is 4.26. The van der Waals surface area contributed by atoms with Crippen molar-refractivity contribution in [2.24, 2.45) is 11.8 Å². The molecule has 0 aliphatic carbocycles. The third-order valence-corrected chi connectivity index (χ3v) is 4.23. The Bertz CT molecular complexity index is 255. The Morgan fingerprint density at radius 1 is 1.35 bits per heavy atom. The maximum atomic E-state index is 12.1. The Morgan fingerprint density at radius 3 is 2.65 bits per heavy atom. The zero-order chi connectivity index (χ0) is 12.3. The SMILES string of the molecule is CC1CCN(C(=O)NC(C)C2CCNC2)CC1. The lowest BCUT2D eigenvalue weighted by Crippen LogP contribution is -2.49. The topological polar surface area (TPSA) is 44.4 Å². The van der Waals surface area contributed by atoms with Crippen LogP contribution in [0.25, 0.3) is 0 Å². The molecular weight excluding hydrogens is 214 g/mol. The summed E-state index contributed by atoms with van der Waals surface area (Å²) in [6, 6.07) is 0.424. The maximum absolute atomic E-state index is 12.1. The molecule has 2 heterocycles. The fourth-order valence-electron chi connectivity index (χ4n) is 2.72. The summed E-state index contributed by atoms with van der Waals surface area (Å²) in [7, 11) is 0. The lowest BCUT2D eigenvalue weighted by Gasteiger charge is -2.32. The molecule has 0 aromatic rings. The van der Waals surface area contributed by atoms with E-state index in [0.29, 0.717) is 5.92 Å². The number of nitrogens with one attached hydrogen (secondary N) is 2. The highest BCUT2D eigenvalue weighted by molar-refractivity contribution is 5.74. The molecule has 2 aliphatic heterocycles. The summed E-state index contributed by atoms with van der Waals surface area (Å²) in [6.45, 7) is 8.36. The average molecular weight is 239 g/mol. The van der Waals surface area contributed by atoms with Gasteiger partial charge in [0.25, 0.3) is 0 Å². The first-order valence-electron chi connectivity index (χ1n) is 6.93. The second-order valence-electron chi connectivity index (χ2n) is 5.66. The van der Waals surface area contributed by atoms with E-state index in [1.807, 2.05) is 4.90 Å². The van der Waals surface area contributed by atoms with Crippen LogP contribution in [0.3, 0.4) is 0 Å². The van der Waals surface area contributed by atoms with Gasteiger partial charge in [-0.2, -0.15) is 0 Å². The van der Waals surface area contributed by atoms with Crippen LogP contribution in [0.15, 0.2) is 0 Å². The molecule has 2 atom stereocenters. The first kappa shape index (κ1) is 12.7. The van der Waals surface area contributed by atoms with Crippen LogP contribution in [0.2, 0.25) is 0 Å². The number of urea groups is 1. The molecule has 0 aromatic carbocycles. The van der Waals surface area contributed by atoms with Gasteiger partial charge in [0.15, 0.2) is 0 Å². The van der Waals surface area contributed by atoms with Gasteiger partial charge in [0.1, 0.15) is 0 Å². The van der Waals surface area contributed by atoms with Gasteiger partial charge in [-0.05, 0) is 51.1 Å². The monoisotopic (exact) mass is 239 g/mol. The van der Waals surface area contributed by atoms with Gasteiger partial charge in [-0.15, -0.1) is 0 Å². The van der Waals surface area contributed by atoms with E-state index in [9.17, 15) is 4.79 Å². The predicted molar refractivity (Wildman–Crippen MR) is 68.9 cm³/mol. The Labute approximate surface area is 104 Å². The highest BCUT2D eigenvalue weighted by Crippen LogP contribution is 2.17. The van der Waals surface area contributed by atoms with Gasteiger partial charge in [0, 0.05) is 19.1 Å². The fraction of sp³-hybridized carbons (Fsp3) is 0.923. The van der Waals surface area contributed by atoms with Crippen molar-refractivity contribution in [3.8, 4) is 0 Å². The van der Waals surface area contributed by atoms with Gasteiger partial charge in [-0.25, -0.2) is 4.79 Å². The van der Waals surface area contributed by atoms with Gasteiger partial charge >= 0.3 is 6.03 Å². The van der Waals surface area contributed by atoms with E-state index < -0.39 is 0 Å². The Hall–Kier alpha value is -0.770. The number of likely N-dealkylation sites (tertiary alicyclic amines) is 1. The molecule has 2 amide bonds. The molecule has 2 rings (SSSR count). The van der Waals surface area contributed by atoms with Crippen LogP contribution < -0.4 is 10.6 Å². The molecule has 2 aliphatic rings. The van der Waals surface area contributed by atoms with Gasteiger partial charge in [0.05, 0.1) is 0 Å². The number of carbonyl (C=O) groups is 1. The zero-order valence-electron chi connectivity index (χ0n) is 11.0. The minimum atomic E-state index is 0.135. The van der Waals surface area contributed by atoms with E-state index >= 15 is 0 Å². The largest absolute Gasteiger partial charge is 0.335 e. The van der Waals surface area contributed by atoms with Crippen molar-refractivity contribution >= 4 is 6.03 Å². The summed E-state index contributed by atoms with van der Waals surface area (Å²) < 4.78 is 0. The molecule has 2 saturated heterocycles. The summed E-state index contributed by atoms with van der Waals surface area (Å²) in [4.78, 5) is 14.0. The van der Waals surface area contributed by atoms with Crippen molar-refractivity contribution in [3.05, 3.63) is 0 Å². The molecule has 2 unspecified atom stereocenters. The molecule has 0 bridgehead atoms. The van der Waals surface area contributed by atoms with Crippen molar-refractivity contribution in [2.45, 2.75) is 39.2 Å². The summed E-state index contributed by atoms with van der Waals surface area (Å²) in [5.41, 5.74) is 0. The third kappa shape index (κ3) is 3.35. The molecular formula is C13H25N3O. The van der Waals surface area contributed by atoms with Crippen molar-refractivity contribution in [3.63, 3.8) is 0 Å². The standard InChI is InChI=1S/C13H25N3O/c1-10-4-7-16(8-5-10)13(17)15-11(2)12-3-6-14-9-12/h10-12,14H,3-9H2,1-2H3,(H,15,17). The quantitative estimate of drug-likeness (QED) is 0.765. The number of piperidine rings is 1. The van der Waals surface area contributed by atoms with E-state index in [2.05, 4.69) is 24.5 Å². The van der Waals surface area contributed by atoms with Crippen molar-refractivity contribution < 1.29 is 4.79 Å². The highest BCUT2D eigenvalue weighted by atomic mass is 16.2. The molecule has 17 heavy (non-hydrogen) atoms. The van der Waals surface area contributed by atoms with E-state index in [0.717, 1.165) is 44.9 Å². The van der Waals surface area contributed by atoms with Crippen LogP contribution in [-0.4, -0.2) is 43.2 Å². The van der Waals surface area contributed by atoms with Gasteiger partial charge in [-0.3, -0.25) is 0 Å². The molecule has 98 valence electrons. The van der Waals surface area contributed by atoms with Crippen LogP contribution in [-0.2, 0) is 0 Å². The number of rotatable bonds is 2. The average Bonchev–Trinajstić information content (AvgIpc) is 2.83. The number of hydrogen-bond donors (Lipinski definition) is 2. The second kappa shape index (κ2) is 5.71. The van der Waals surface area contributed by atoms with Crippen LogP contribution in [0.4, 0.5) is 4.79 Å². The normalized spacial score (nSPS) is 28.1. The predicted octanol–water partition coefficient (Wildman–Crippen LogP) is 1.43. The van der Waals surface area contributed by atoms with E-state index in [-0.39, 0.29) is 12.1 Å². The highest BCUT2D eigenvalue weighted by Gasteiger charge is 2.25. The van der Waals surface area contributed by atoms with Gasteiger partial charge in [-0.1, -0.05) is 6.92 Å². The zero-order valence-corrected chi connectivity index (χ0v) is 11.0. The fourth-order valence-corrected chi connectivity index (χ4v) is 2.72. The number of amides is 2. The van der Waals surface area contributed by atoms with E-state index in [1.54, 1.807) is 0 Å². The third-order valence-electron chi connectivity index (χ3n) is 4.23. The lowest BCUT2D eigenvalue weighted by atomic mass is 9.99. The molecule has 4 nitrogen and oxygen atoms in total. The minimum absolute atomic E-state index is 0.135. The van der Waals surface area contributed by atoms with Crippen molar-refractivity contribution in [1.29, 1.82) is 0 Å². The van der Waals surface area contributed by atoms with Crippen LogP contribution >= 0.6 is 0 Å². The van der Waals surface area contributed by atoms with Crippen molar-refractivity contribution in [2.75, 3.05) is 26.2 Å². The number of carbonyl (C=O) groups excluding carboxylic acids is 1. The van der Waals surface area contributed by atoms with E-state index in [4.69, 9.17) is 0 Å². The van der Waals surface area contributed by atoms with Crippen LogP contribution in [0.1, 0.15) is 33.1 Å². The first-order chi connectivity index (χ1) is 8.16. The molecule has 0 saturated carbocycles. The molecule has 0 radical (unpaired) electrons. The maximum Gasteiger partial charge on any atom is 0.317 e. The number of nitrogens with zero attached hydrogens (tertiary/aromatic N) is 1. The first-order valence-corrected chi connectivity index (χ1v) is 6.93. The van der Waals surface area contributed by atoms with Gasteiger partial charge < -0.3 is 15.5 Å². The molecule has 2 N–H and O–H groups in total. The van der Waals surface area contributed by atoms with Crippen LogP contribution in [0, 0.1) is 11.8 Å². The summed E-state index contributed by atoms with van der Waals surface area (Å²) in [5, 5.41) is 6.50. The molecule has 4 heteroatoms. The second-order valence-corrected chi connectivity index (χ2v) is 5.66. The van der Waals surface area contributed by atoms with Crippen LogP contribution in [0.5, 0.6) is 0 Å².